The summed E-state index contributed by atoms with van der Waals surface area (Å²) in [5.74, 6) is 0.852. The van der Waals surface area contributed by atoms with Gasteiger partial charge in [-0.05, 0) is 56.1 Å². The van der Waals surface area contributed by atoms with Crippen LogP contribution in [0.25, 0.3) is 0 Å². The largest absolute Gasteiger partial charge is 0.352 e. The summed E-state index contributed by atoms with van der Waals surface area (Å²) in [6.07, 6.45) is 2.85. The Bertz CT molecular complexity index is 479. The highest BCUT2D eigenvalue weighted by Crippen LogP contribution is 2.15. The fourth-order valence-corrected chi connectivity index (χ4v) is 3.15. The van der Waals surface area contributed by atoms with Crippen molar-refractivity contribution in [1.29, 1.82) is 0 Å². The summed E-state index contributed by atoms with van der Waals surface area (Å²) in [5.41, 5.74) is 2.55. The van der Waals surface area contributed by atoms with Gasteiger partial charge >= 0.3 is 0 Å². The number of carbonyl (C=O) groups is 1. The first-order chi connectivity index (χ1) is 11.2. The van der Waals surface area contributed by atoms with Gasteiger partial charge in [0.2, 0.25) is 5.91 Å². The second-order valence-corrected chi connectivity index (χ2v) is 6.40. The normalized spacial score (nSPS) is 17.6. The molecule has 1 aromatic rings. The lowest BCUT2D eigenvalue weighted by atomic mass is 10.0. The quantitative estimate of drug-likeness (QED) is 0.735. The molecule has 4 nitrogen and oxygen atoms in total. The molecule has 1 amide bonds. The Morgan fingerprint density at radius 2 is 2.00 bits per heavy atom. The molecule has 1 saturated heterocycles. The van der Waals surface area contributed by atoms with Crippen molar-refractivity contribution in [3.8, 4) is 0 Å². The molecule has 0 spiro atoms. The lowest BCUT2D eigenvalue weighted by Gasteiger charge is -2.20. The maximum atomic E-state index is 12.1. The highest BCUT2D eigenvalue weighted by molar-refractivity contribution is 5.75. The van der Waals surface area contributed by atoms with Crippen LogP contribution in [0.3, 0.4) is 0 Å². The van der Waals surface area contributed by atoms with Crippen molar-refractivity contribution in [2.45, 2.75) is 46.2 Å². The van der Waals surface area contributed by atoms with Crippen LogP contribution in [0.15, 0.2) is 24.3 Å². The molecule has 23 heavy (non-hydrogen) atoms. The van der Waals surface area contributed by atoms with E-state index < -0.39 is 0 Å². The van der Waals surface area contributed by atoms with Gasteiger partial charge in [0.15, 0.2) is 0 Å². The second-order valence-electron chi connectivity index (χ2n) is 6.40. The minimum Gasteiger partial charge on any atom is -0.352 e. The molecule has 0 saturated carbocycles. The predicted molar refractivity (Wildman–Crippen MR) is 95.1 cm³/mol. The van der Waals surface area contributed by atoms with Crippen LogP contribution < -0.4 is 10.6 Å². The first-order valence-corrected chi connectivity index (χ1v) is 8.99. The Kier molecular flexibility index (Phi) is 7.56. The Balaban J connectivity index is 1.81. The first kappa shape index (κ1) is 18.0. The van der Waals surface area contributed by atoms with Crippen LogP contribution in [0.1, 0.15) is 44.2 Å². The third-order valence-electron chi connectivity index (χ3n) is 4.82. The van der Waals surface area contributed by atoms with Crippen LogP contribution in [-0.4, -0.2) is 37.0 Å². The molecule has 0 aromatic heterocycles. The standard InChI is InChI=1S/C19H31N3O/c1-3-22(4-2)15-18-8-6-5-7-17(18)14-21-19(23)10-9-16-11-12-20-13-16/h5-8,16,20H,3-4,9-15H2,1-2H3,(H,21,23). The van der Waals surface area contributed by atoms with Gasteiger partial charge in [-0.2, -0.15) is 0 Å². The van der Waals surface area contributed by atoms with Crippen LogP contribution >= 0.6 is 0 Å². The van der Waals surface area contributed by atoms with Crippen molar-refractivity contribution < 1.29 is 4.79 Å². The lowest BCUT2D eigenvalue weighted by molar-refractivity contribution is -0.121. The van der Waals surface area contributed by atoms with E-state index in [1.165, 1.54) is 17.5 Å². The number of carbonyl (C=O) groups excluding carboxylic acids is 1. The summed E-state index contributed by atoms with van der Waals surface area (Å²) in [7, 11) is 0. The predicted octanol–water partition coefficient (Wildman–Crippen LogP) is 2.53. The topological polar surface area (TPSA) is 44.4 Å². The van der Waals surface area contributed by atoms with Gasteiger partial charge < -0.3 is 10.6 Å². The van der Waals surface area contributed by atoms with E-state index in [0.717, 1.165) is 39.1 Å². The van der Waals surface area contributed by atoms with E-state index in [0.29, 0.717) is 18.9 Å². The van der Waals surface area contributed by atoms with Gasteiger partial charge in [-0.15, -0.1) is 0 Å². The van der Waals surface area contributed by atoms with Gasteiger partial charge in [-0.3, -0.25) is 9.69 Å². The molecule has 0 aliphatic carbocycles. The monoisotopic (exact) mass is 317 g/mol. The zero-order valence-corrected chi connectivity index (χ0v) is 14.6. The van der Waals surface area contributed by atoms with Crippen molar-refractivity contribution >= 4 is 5.91 Å². The molecule has 128 valence electrons. The molecule has 1 heterocycles. The van der Waals surface area contributed by atoms with Crippen LogP contribution in [-0.2, 0) is 17.9 Å². The van der Waals surface area contributed by atoms with Gasteiger partial charge in [0.25, 0.3) is 0 Å². The molecular formula is C19H31N3O. The number of hydrogen-bond acceptors (Lipinski definition) is 3. The van der Waals surface area contributed by atoms with E-state index in [2.05, 4.69) is 53.6 Å². The molecule has 1 aromatic carbocycles. The summed E-state index contributed by atoms with van der Waals surface area (Å²) in [4.78, 5) is 14.5. The molecular weight excluding hydrogens is 286 g/mol. The van der Waals surface area contributed by atoms with Crippen LogP contribution in [0.4, 0.5) is 0 Å². The molecule has 0 radical (unpaired) electrons. The summed E-state index contributed by atoms with van der Waals surface area (Å²) >= 11 is 0. The SMILES string of the molecule is CCN(CC)Cc1ccccc1CNC(=O)CCC1CCNC1. The van der Waals surface area contributed by atoms with E-state index in [1.807, 2.05) is 0 Å². The lowest BCUT2D eigenvalue weighted by Crippen LogP contribution is -2.26. The minimum atomic E-state index is 0.176. The van der Waals surface area contributed by atoms with Gasteiger partial charge in [0.05, 0.1) is 0 Å². The fraction of sp³-hybridized carbons (Fsp3) is 0.632. The Labute approximate surface area is 140 Å². The highest BCUT2D eigenvalue weighted by atomic mass is 16.1. The number of nitrogens with one attached hydrogen (secondary N) is 2. The van der Waals surface area contributed by atoms with Crippen LogP contribution in [0.5, 0.6) is 0 Å². The molecule has 1 fully saturated rings. The third-order valence-corrected chi connectivity index (χ3v) is 4.82. The molecule has 2 N–H and O–H groups in total. The van der Waals surface area contributed by atoms with Gasteiger partial charge in [-0.1, -0.05) is 38.1 Å². The molecule has 0 bridgehead atoms. The highest BCUT2D eigenvalue weighted by Gasteiger charge is 2.15. The molecule has 1 aliphatic rings. The van der Waals surface area contributed by atoms with Crippen molar-refractivity contribution in [2.75, 3.05) is 26.2 Å². The zero-order chi connectivity index (χ0) is 16.5. The summed E-state index contributed by atoms with van der Waals surface area (Å²) in [6, 6.07) is 8.43. The van der Waals surface area contributed by atoms with Crippen molar-refractivity contribution in [3.63, 3.8) is 0 Å². The summed E-state index contributed by atoms with van der Waals surface area (Å²) in [6.45, 7) is 10.2. The first-order valence-electron chi connectivity index (χ1n) is 8.99. The van der Waals surface area contributed by atoms with E-state index in [4.69, 9.17) is 0 Å². The van der Waals surface area contributed by atoms with E-state index in [-0.39, 0.29) is 5.91 Å². The third kappa shape index (κ3) is 5.96. The molecule has 1 aliphatic heterocycles. The van der Waals surface area contributed by atoms with Crippen molar-refractivity contribution in [3.05, 3.63) is 35.4 Å². The average molecular weight is 317 g/mol. The number of benzene rings is 1. The Morgan fingerprint density at radius 3 is 2.65 bits per heavy atom. The number of hydrogen-bond donors (Lipinski definition) is 2. The van der Waals surface area contributed by atoms with E-state index in [1.54, 1.807) is 0 Å². The molecule has 4 heteroatoms. The number of amides is 1. The Hall–Kier alpha value is -1.39. The zero-order valence-electron chi connectivity index (χ0n) is 14.6. The minimum absolute atomic E-state index is 0.176. The molecule has 1 atom stereocenters. The maximum Gasteiger partial charge on any atom is 0.220 e. The van der Waals surface area contributed by atoms with Crippen LogP contribution in [0.2, 0.25) is 0 Å². The summed E-state index contributed by atoms with van der Waals surface area (Å²) < 4.78 is 0. The molecule has 1 unspecified atom stereocenters. The molecule has 2 rings (SSSR count). The van der Waals surface area contributed by atoms with E-state index in [9.17, 15) is 4.79 Å². The van der Waals surface area contributed by atoms with Gasteiger partial charge in [0.1, 0.15) is 0 Å². The fourth-order valence-electron chi connectivity index (χ4n) is 3.15. The van der Waals surface area contributed by atoms with Gasteiger partial charge in [-0.25, -0.2) is 0 Å². The smallest absolute Gasteiger partial charge is 0.220 e. The average Bonchev–Trinajstić information content (AvgIpc) is 3.10. The second kappa shape index (κ2) is 9.68. The van der Waals surface area contributed by atoms with Crippen molar-refractivity contribution in [2.24, 2.45) is 5.92 Å². The van der Waals surface area contributed by atoms with E-state index >= 15 is 0 Å². The maximum absolute atomic E-state index is 12.1. The van der Waals surface area contributed by atoms with Crippen LogP contribution in [0, 0.1) is 5.92 Å². The van der Waals surface area contributed by atoms with Gasteiger partial charge in [0, 0.05) is 19.5 Å². The number of nitrogens with zero attached hydrogens (tertiary/aromatic N) is 1. The van der Waals surface area contributed by atoms with Crippen molar-refractivity contribution in [1.82, 2.24) is 15.5 Å². The Morgan fingerprint density at radius 1 is 1.26 bits per heavy atom. The summed E-state index contributed by atoms with van der Waals surface area (Å²) in [5, 5.41) is 6.45. The number of rotatable bonds is 9.